The zero-order valence-electron chi connectivity index (χ0n) is 7.55. The predicted molar refractivity (Wildman–Crippen MR) is 51.2 cm³/mol. The Bertz CT molecular complexity index is 343. The maximum Gasteiger partial charge on any atom is 0.296 e. The summed E-state index contributed by atoms with van der Waals surface area (Å²) in [5, 5.41) is 8.54. The van der Waals surface area contributed by atoms with Crippen LogP contribution in [0.5, 0.6) is 5.19 Å². The Labute approximate surface area is 85.2 Å². The van der Waals surface area contributed by atoms with E-state index < -0.39 is 0 Å². The van der Waals surface area contributed by atoms with E-state index in [0.29, 0.717) is 16.4 Å². The van der Waals surface area contributed by atoms with Gasteiger partial charge in [-0.2, -0.15) is 0 Å². The fraction of sp³-hybridized carbons (Fsp3) is 0.750. The second-order valence-electron chi connectivity index (χ2n) is 3.67. The number of anilines is 1. The molecule has 2 fully saturated rings. The molecular formula is C8H11N3O2S. The molecule has 3 rings (SSSR count). The quantitative estimate of drug-likeness (QED) is 0.787. The van der Waals surface area contributed by atoms with Crippen LogP contribution in [0.2, 0.25) is 0 Å². The van der Waals surface area contributed by atoms with E-state index in [2.05, 4.69) is 10.2 Å². The Kier molecular flexibility index (Phi) is 1.84. The van der Waals surface area contributed by atoms with Gasteiger partial charge >= 0.3 is 0 Å². The zero-order valence-corrected chi connectivity index (χ0v) is 8.37. The van der Waals surface area contributed by atoms with Crippen molar-refractivity contribution in [1.29, 1.82) is 0 Å². The second-order valence-corrected chi connectivity index (χ2v) is 4.64. The Morgan fingerprint density at radius 3 is 2.93 bits per heavy atom. The number of rotatable bonds is 2. The Hall–Kier alpha value is -0.880. The molecule has 0 radical (unpaired) electrons. The van der Waals surface area contributed by atoms with Gasteiger partial charge in [-0.25, -0.2) is 0 Å². The summed E-state index contributed by atoms with van der Waals surface area (Å²) in [6, 6.07) is 0. The fourth-order valence-corrected chi connectivity index (χ4v) is 2.63. The van der Waals surface area contributed by atoms with Crippen molar-refractivity contribution < 1.29 is 9.47 Å². The Balaban J connectivity index is 1.68. The van der Waals surface area contributed by atoms with Gasteiger partial charge in [0.05, 0.1) is 12.2 Å². The lowest BCUT2D eigenvalue weighted by atomic mass is 9.98. The van der Waals surface area contributed by atoms with Crippen molar-refractivity contribution in [3.05, 3.63) is 0 Å². The number of nitrogens with zero attached hydrogens (tertiary/aromatic N) is 2. The lowest BCUT2D eigenvalue weighted by Gasteiger charge is -2.17. The van der Waals surface area contributed by atoms with Gasteiger partial charge in [-0.05, 0) is 24.2 Å². The molecule has 76 valence electrons. The minimum Gasteiger partial charge on any atom is -0.463 e. The first-order valence-electron chi connectivity index (χ1n) is 4.72. The highest BCUT2D eigenvalue weighted by molar-refractivity contribution is 7.16. The van der Waals surface area contributed by atoms with Crippen LogP contribution in [-0.2, 0) is 4.74 Å². The molecule has 0 aromatic carbocycles. The molecule has 0 unspecified atom stereocenters. The van der Waals surface area contributed by atoms with Gasteiger partial charge in [0.2, 0.25) is 5.13 Å². The number of fused-ring (bicyclic) bond motifs is 2. The highest BCUT2D eigenvalue weighted by Crippen LogP contribution is 2.37. The third kappa shape index (κ3) is 1.34. The lowest BCUT2D eigenvalue weighted by molar-refractivity contribution is 0.0636. The first-order chi connectivity index (χ1) is 6.81. The largest absolute Gasteiger partial charge is 0.463 e. The van der Waals surface area contributed by atoms with Crippen LogP contribution in [0.1, 0.15) is 19.3 Å². The molecule has 6 heteroatoms. The zero-order chi connectivity index (χ0) is 9.54. The van der Waals surface area contributed by atoms with E-state index >= 15 is 0 Å². The highest BCUT2D eigenvalue weighted by Gasteiger charge is 2.42. The van der Waals surface area contributed by atoms with Crippen LogP contribution in [0.4, 0.5) is 5.13 Å². The monoisotopic (exact) mass is 213 g/mol. The van der Waals surface area contributed by atoms with Gasteiger partial charge in [0.1, 0.15) is 6.10 Å². The molecule has 2 saturated heterocycles. The summed E-state index contributed by atoms with van der Waals surface area (Å²) in [7, 11) is 0. The first kappa shape index (κ1) is 8.43. The summed E-state index contributed by atoms with van der Waals surface area (Å²) in [6.45, 7) is 0. The van der Waals surface area contributed by atoms with Crippen LogP contribution < -0.4 is 10.5 Å². The van der Waals surface area contributed by atoms with Crippen LogP contribution in [0.25, 0.3) is 0 Å². The molecule has 3 heterocycles. The molecule has 0 saturated carbocycles. The normalized spacial score (nSPS) is 35.0. The van der Waals surface area contributed by atoms with Crippen molar-refractivity contribution in [3.63, 3.8) is 0 Å². The molecule has 2 aliphatic heterocycles. The highest BCUT2D eigenvalue weighted by atomic mass is 32.1. The molecule has 14 heavy (non-hydrogen) atoms. The van der Waals surface area contributed by atoms with Crippen LogP contribution in [0.15, 0.2) is 0 Å². The number of hydrogen-bond acceptors (Lipinski definition) is 6. The standard InChI is InChI=1S/C8H11N3O2S/c9-7-10-11-8(14-7)13-6-3-4-1-2-5(6)12-4/h4-6H,1-3H2,(H2,9,10)/t4-,5+,6-/m0/s1. The smallest absolute Gasteiger partial charge is 0.296 e. The van der Waals surface area contributed by atoms with Gasteiger partial charge in [-0.1, -0.05) is 5.10 Å². The third-order valence-electron chi connectivity index (χ3n) is 2.72. The van der Waals surface area contributed by atoms with Crippen LogP contribution in [-0.4, -0.2) is 28.5 Å². The van der Waals surface area contributed by atoms with Crippen LogP contribution in [0.3, 0.4) is 0 Å². The van der Waals surface area contributed by atoms with E-state index in [1.54, 1.807) is 0 Å². The SMILES string of the molecule is Nc1nnc(O[C@H]2C[C@@H]3CC[C@H]2O3)s1. The van der Waals surface area contributed by atoms with E-state index in [1.807, 2.05) is 0 Å². The van der Waals surface area contributed by atoms with Gasteiger partial charge in [-0.15, -0.1) is 5.10 Å². The number of aromatic nitrogens is 2. The van der Waals surface area contributed by atoms with E-state index in [1.165, 1.54) is 17.8 Å². The number of nitrogen functional groups attached to an aromatic ring is 1. The van der Waals surface area contributed by atoms with Crippen LogP contribution >= 0.6 is 11.3 Å². The number of ether oxygens (including phenoxy) is 2. The van der Waals surface area contributed by atoms with E-state index in [0.717, 1.165) is 12.8 Å². The predicted octanol–water partition coefficient (Wildman–Crippen LogP) is 0.819. The van der Waals surface area contributed by atoms with Crippen molar-refractivity contribution in [2.75, 3.05) is 5.73 Å². The van der Waals surface area contributed by atoms with Gasteiger partial charge in [0.15, 0.2) is 0 Å². The molecule has 5 nitrogen and oxygen atoms in total. The maximum atomic E-state index is 5.67. The van der Waals surface area contributed by atoms with Gasteiger partial charge in [-0.3, -0.25) is 0 Å². The molecule has 0 amide bonds. The Morgan fingerprint density at radius 2 is 2.36 bits per heavy atom. The number of nitrogens with two attached hydrogens (primary N) is 1. The van der Waals surface area contributed by atoms with Crippen molar-refractivity contribution in [3.8, 4) is 5.19 Å². The number of hydrogen-bond donors (Lipinski definition) is 1. The first-order valence-corrected chi connectivity index (χ1v) is 5.54. The molecule has 0 aliphatic carbocycles. The topological polar surface area (TPSA) is 70.3 Å². The molecule has 3 atom stereocenters. The summed E-state index contributed by atoms with van der Waals surface area (Å²) in [4.78, 5) is 0. The second kappa shape index (κ2) is 3.06. The molecule has 1 aromatic heterocycles. The summed E-state index contributed by atoms with van der Waals surface area (Å²) in [5.41, 5.74) is 5.46. The molecular weight excluding hydrogens is 202 g/mol. The molecule has 1 aromatic rings. The van der Waals surface area contributed by atoms with E-state index in [4.69, 9.17) is 15.2 Å². The van der Waals surface area contributed by atoms with Crippen molar-refractivity contribution in [1.82, 2.24) is 10.2 Å². The van der Waals surface area contributed by atoms with Gasteiger partial charge in [0.25, 0.3) is 5.19 Å². The van der Waals surface area contributed by atoms with E-state index in [9.17, 15) is 0 Å². The average Bonchev–Trinajstić information content (AvgIpc) is 2.82. The Morgan fingerprint density at radius 1 is 1.43 bits per heavy atom. The summed E-state index contributed by atoms with van der Waals surface area (Å²) < 4.78 is 11.3. The van der Waals surface area contributed by atoms with Gasteiger partial charge in [0, 0.05) is 6.42 Å². The van der Waals surface area contributed by atoms with Crippen molar-refractivity contribution in [2.24, 2.45) is 0 Å². The third-order valence-corrected chi connectivity index (χ3v) is 3.37. The molecule has 0 spiro atoms. The van der Waals surface area contributed by atoms with Gasteiger partial charge < -0.3 is 15.2 Å². The summed E-state index contributed by atoms with van der Waals surface area (Å²) >= 11 is 1.28. The van der Waals surface area contributed by atoms with Crippen LogP contribution in [0, 0.1) is 0 Å². The average molecular weight is 213 g/mol. The molecule has 2 N–H and O–H groups in total. The van der Waals surface area contributed by atoms with Crippen molar-refractivity contribution >= 4 is 16.5 Å². The van der Waals surface area contributed by atoms with Crippen molar-refractivity contribution in [2.45, 2.75) is 37.6 Å². The molecule has 2 bridgehead atoms. The molecule has 2 aliphatic rings. The summed E-state index contributed by atoms with van der Waals surface area (Å²) in [6.07, 6.45) is 4.05. The minimum absolute atomic E-state index is 0.154. The lowest BCUT2D eigenvalue weighted by Crippen LogP contribution is -2.28. The van der Waals surface area contributed by atoms with E-state index in [-0.39, 0.29) is 12.2 Å². The maximum absolute atomic E-state index is 5.67. The summed E-state index contributed by atoms with van der Waals surface area (Å²) in [5.74, 6) is 0. The fourth-order valence-electron chi connectivity index (χ4n) is 2.11. The minimum atomic E-state index is 0.154.